The fourth-order valence-electron chi connectivity index (χ4n) is 1.70. The van der Waals surface area contributed by atoms with Crippen molar-refractivity contribution < 1.29 is 0 Å². The summed E-state index contributed by atoms with van der Waals surface area (Å²) in [6.07, 6.45) is 5.53. The van der Waals surface area contributed by atoms with E-state index in [1.807, 2.05) is 6.20 Å². The predicted molar refractivity (Wildman–Crippen MR) is 67.2 cm³/mol. The highest BCUT2D eigenvalue weighted by molar-refractivity contribution is 7.09. The zero-order valence-corrected chi connectivity index (χ0v) is 10.8. The normalized spacial score (nSPS) is 13.3. The third-order valence-electron chi connectivity index (χ3n) is 2.97. The van der Waals surface area contributed by atoms with E-state index in [1.165, 1.54) is 17.8 Å². The Morgan fingerprint density at radius 3 is 2.47 bits per heavy atom. The van der Waals surface area contributed by atoms with Crippen LogP contribution in [0, 0.1) is 5.92 Å². The molecule has 1 N–H and O–H groups in total. The van der Waals surface area contributed by atoms with Crippen molar-refractivity contribution in [1.29, 1.82) is 0 Å². The molecule has 1 aromatic heterocycles. The third-order valence-corrected chi connectivity index (χ3v) is 3.85. The summed E-state index contributed by atoms with van der Waals surface area (Å²) in [5, 5.41) is 6.90. The maximum Gasteiger partial charge on any atom is 0.109 e. The van der Waals surface area contributed by atoms with Crippen LogP contribution in [0.1, 0.15) is 51.1 Å². The van der Waals surface area contributed by atoms with E-state index in [4.69, 9.17) is 0 Å². The molecule has 1 aromatic rings. The molecule has 0 radical (unpaired) electrons. The molecule has 0 amide bonds. The standard InChI is InChI=1S/C12H22N2S/c1-4-10(5-2)9-14-11(6-3)12-13-7-8-15-12/h7-8,10-11,14H,4-6,9H2,1-3H3. The number of hydrogen-bond donors (Lipinski definition) is 1. The van der Waals surface area contributed by atoms with Gasteiger partial charge in [-0.3, -0.25) is 0 Å². The molecule has 0 saturated carbocycles. The van der Waals surface area contributed by atoms with Gasteiger partial charge in [0.15, 0.2) is 0 Å². The fraction of sp³-hybridized carbons (Fsp3) is 0.750. The second-order valence-corrected chi connectivity index (χ2v) is 4.85. The lowest BCUT2D eigenvalue weighted by Gasteiger charge is -2.18. The average molecular weight is 226 g/mol. The molecule has 2 nitrogen and oxygen atoms in total. The lowest BCUT2D eigenvalue weighted by molar-refractivity contribution is 0.405. The molecule has 0 aliphatic heterocycles. The molecule has 0 saturated heterocycles. The van der Waals surface area contributed by atoms with Gasteiger partial charge in [-0.15, -0.1) is 11.3 Å². The van der Waals surface area contributed by atoms with E-state index in [9.17, 15) is 0 Å². The average Bonchev–Trinajstić information content (AvgIpc) is 2.78. The molecule has 3 heteroatoms. The summed E-state index contributed by atoms with van der Waals surface area (Å²) in [7, 11) is 0. The lowest BCUT2D eigenvalue weighted by Crippen LogP contribution is -2.26. The molecule has 0 aliphatic carbocycles. The Hall–Kier alpha value is -0.410. The largest absolute Gasteiger partial charge is 0.308 e. The van der Waals surface area contributed by atoms with Crippen LogP contribution in [0.25, 0.3) is 0 Å². The van der Waals surface area contributed by atoms with Crippen LogP contribution in [0.3, 0.4) is 0 Å². The van der Waals surface area contributed by atoms with Gasteiger partial charge in [-0.1, -0.05) is 33.6 Å². The summed E-state index contributed by atoms with van der Waals surface area (Å²) in [5.74, 6) is 0.805. The van der Waals surface area contributed by atoms with Gasteiger partial charge in [0, 0.05) is 11.6 Å². The zero-order chi connectivity index (χ0) is 11.1. The molecule has 1 heterocycles. The van der Waals surface area contributed by atoms with E-state index in [2.05, 4.69) is 36.5 Å². The third kappa shape index (κ3) is 3.92. The van der Waals surface area contributed by atoms with Crippen LogP contribution in [0.4, 0.5) is 0 Å². The van der Waals surface area contributed by atoms with Crippen molar-refractivity contribution in [3.63, 3.8) is 0 Å². The van der Waals surface area contributed by atoms with E-state index in [1.54, 1.807) is 11.3 Å². The van der Waals surface area contributed by atoms with Crippen LogP contribution >= 0.6 is 11.3 Å². The van der Waals surface area contributed by atoms with Crippen molar-refractivity contribution in [2.24, 2.45) is 5.92 Å². The van der Waals surface area contributed by atoms with Crippen LogP contribution in [-0.4, -0.2) is 11.5 Å². The topological polar surface area (TPSA) is 24.9 Å². The van der Waals surface area contributed by atoms with E-state index >= 15 is 0 Å². The maximum atomic E-state index is 4.37. The van der Waals surface area contributed by atoms with Crippen molar-refractivity contribution in [3.05, 3.63) is 16.6 Å². The summed E-state index contributed by atoms with van der Waals surface area (Å²) in [5.41, 5.74) is 0. The number of rotatable bonds is 7. The Balaban J connectivity index is 2.41. The molecule has 1 rings (SSSR count). The van der Waals surface area contributed by atoms with Crippen molar-refractivity contribution in [3.8, 4) is 0 Å². The first-order valence-corrected chi connectivity index (χ1v) is 6.82. The quantitative estimate of drug-likeness (QED) is 0.768. The molecule has 0 spiro atoms. The van der Waals surface area contributed by atoms with E-state index < -0.39 is 0 Å². The van der Waals surface area contributed by atoms with E-state index in [0.717, 1.165) is 18.9 Å². The second kappa shape index (κ2) is 6.96. The highest BCUT2D eigenvalue weighted by Crippen LogP contribution is 2.19. The minimum Gasteiger partial charge on any atom is -0.308 e. The van der Waals surface area contributed by atoms with Gasteiger partial charge in [-0.25, -0.2) is 4.98 Å². The van der Waals surface area contributed by atoms with Crippen molar-refractivity contribution in [1.82, 2.24) is 10.3 Å². The summed E-state index contributed by atoms with van der Waals surface area (Å²) < 4.78 is 0. The van der Waals surface area contributed by atoms with Gasteiger partial charge in [0.25, 0.3) is 0 Å². The number of thiazole rings is 1. The Labute approximate surface area is 97.1 Å². The first-order chi connectivity index (χ1) is 7.31. The molecule has 0 fully saturated rings. The van der Waals surface area contributed by atoms with Crippen LogP contribution in [0.15, 0.2) is 11.6 Å². The minimum absolute atomic E-state index is 0.450. The van der Waals surface area contributed by atoms with Crippen molar-refractivity contribution in [2.75, 3.05) is 6.54 Å². The van der Waals surface area contributed by atoms with Gasteiger partial charge in [-0.05, 0) is 18.9 Å². The van der Waals surface area contributed by atoms with Gasteiger partial charge in [0.1, 0.15) is 5.01 Å². The van der Waals surface area contributed by atoms with Crippen LogP contribution in [0.5, 0.6) is 0 Å². The number of nitrogens with zero attached hydrogens (tertiary/aromatic N) is 1. The van der Waals surface area contributed by atoms with Gasteiger partial charge in [0.05, 0.1) is 6.04 Å². The number of hydrogen-bond acceptors (Lipinski definition) is 3. The van der Waals surface area contributed by atoms with Crippen LogP contribution < -0.4 is 5.32 Å². The SMILES string of the molecule is CCC(CC)CNC(CC)c1nccs1. The zero-order valence-electron chi connectivity index (χ0n) is 9.99. The van der Waals surface area contributed by atoms with E-state index in [-0.39, 0.29) is 0 Å². The van der Waals surface area contributed by atoms with Crippen molar-refractivity contribution in [2.45, 2.75) is 46.1 Å². The molecule has 15 heavy (non-hydrogen) atoms. The molecule has 86 valence electrons. The number of aromatic nitrogens is 1. The van der Waals surface area contributed by atoms with Gasteiger partial charge >= 0.3 is 0 Å². The lowest BCUT2D eigenvalue weighted by atomic mass is 10.0. The van der Waals surface area contributed by atoms with Gasteiger partial charge in [0.2, 0.25) is 0 Å². The predicted octanol–water partition coefficient (Wildman–Crippen LogP) is 3.62. The second-order valence-electron chi connectivity index (χ2n) is 3.92. The van der Waals surface area contributed by atoms with Crippen molar-refractivity contribution >= 4 is 11.3 Å². The molecular formula is C12H22N2S. The first-order valence-electron chi connectivity index (χ1n) is 5.94. The van der Waals surface area contributed by atoms with Crippen LogP contribution in [-0.2, 0) is 0 Å². The molecule has 1 atom stereocenters. The Morgan fingerprint density at radius 1 is 1.27 bits per heavy atom. The molecular weight excluding hydrogens is 204 g/mol. The highest BCUT2D eigenvalue weighted by atomic mass is 32.1. The smallest absolute Gasteiger partial charge is 0.109 e. The number of nitrogens with one attached hydrogen (secondary N) is 1. The van der Waals surface area contributed by atoms with Gasteiger partial charge < -0.3 is 5.32 Å². The monoisotopic (exact) mass is 226 g/mol. The minimum atomic E-state index is 0.450. The Bertz CT molecular complexity index is 242. The Kier molecular flexibility index (Phi) is 5.88. The summed E-state index contributed by atoms with van der Waals surface area (Å²) in [6.45, 7) is 7.86. The summed E-state index contributed by atoms with van der Waals surface area (Å²) >= 11 is 1.75. The molecule has 0 aliphatic rings. The maximum absolute atomic E-state index is 4.37. The molecule has 0 aromatic carbocycles. The fourth-order valence-corrected chi connectivity index (χ4v) is 2.50. The molecule has 1 unspecified atom stereocenters. The highest BCUT2D eigenvalue weighted by Gasteiger charge is 2.12. The molecule has 0 bridgehead atoms. The first kappa shape index (κ1) is 12.7. The van der Waals surface area contributed by atoms with Crippen LogP contribution in [0.2, 0.25) is 0 Å². The summed E-state index contributed by atoms with van der Waals surface area (Å²) in [4.78, 5) is 4.37. The summed E-state index contributed by atoms with van der Waals surface area (Å²) in [6, 6.07) is 0.450. The van der Waals surface area contributed by atoms with Gasteiger partial charge in [-0.2, -0.15) is 0 Å². The van der Waals surface area contributed by atoms with E-state index in [0.29, 0.717) is 6.04 Å². The Morgan fingerprint density at radius 2 is 2.00 bits per heavy atom.